The zero-order valence-corrected chi connectivity index (χ0v) is 13.8. The van der Waals surface area contributed by atoms with Gasteiger partial charge in [-0.2, -0.15) is 0 Å². The van der Waals surface area contributed by atoms with Crippen LogP contribution in [0.25, 0.3) is 22.6 Å². The molecule has 2 aromatic carbocycles. The molecule has 23 heavy (non-hydrogen) atoms. The van der Waals surface area contributed by atoms with Crippen molar-refractivity contribution in [1.29, 1.82) is 0 Å². The predicted molar refractivity (Wildman–Crippen MR) is 92.3 cm³/mol. The van der Waals surface area contributed by atoms with Gasteiger partial charge in [0, 0.05) is 16.7 Å². The van der Waals surface area contributed by atoms with E-state index in [9.17, 15) is 4.79 Å². The van der Waals surface area contributed by atoms with Gasteiger partial charge in [0.05, 0.1) is 0 Å². The molecule has 1 amide bonds. The molecule has 0 aliphatic heterocycles. The molecule has 3 rings (SSSR count). The summed E-state index contributed by atoms with van der Waals surface area (Å²) in [4.78, 5) is 16.6. The lowest BCUT2D eigenvalue weighted by molar-refractivity contribution is -0.123. The molecule has 1 N–H and O–H groups in total. The molecule has 0 saturated carbocycles. The number of aryl methyl sites for hydroxylation is 1. The van der Waals surface area contributed by atoms with Gasteiger partial charge in [-0.1, -0.05) is 38.5 Å². The maximum Gasteiger partial charge on any atom is 0.229 e. The van der Waals surface area contributed by atoms with Crippen molar-refractivity contribution in [1.82, 2.24) is 4.98 Å². The van der Waals surface area contributed by atoms with Gasteiger partial charge < -0.3 is 9.73 Å². The summed E-state index contributed by atoms with van der Waals surface area (Å²) in [5.74, 6) is 0.554. The normalized spacial score (nSPS) is 11.7. The van der Waals surface area contributed by atoms with Crippen LogP contribution in [0.5, 0.6) is 0 Å². The Hall–Kier alpha value is -2.62. The molecule has 0 radical (unpaired) electrons. The number of aromatic nitrogens is 1. The van der Waals surface area contributed by atoms with Gasteiger partial charge >= 0.3 is 0 Å². The molecule has 0 aliphatic carbocycles. The van der Waals surface area contributed by atoms with Gasteiger partial charge in [-0.3, -0.25) is 4.79 Å². The summed E-state index contributed by atoms with van der Waals surface area (Å²) in [6.07, 6.45) is 0. The van der Waals surface area contributed by atoms with E-state index in [4.69, 9.17) is 4.42 Å². The Kier molecular flexibility index (Phi) is 3.68. The summed E-state index contributed by atoms with van der Waals surface area (Å²) >= 11 is 0. The number of carbonyl (C=O) groups excluding carboxylic acids is 1. The molecule has 1 aromatic heterocycles. The zero-order valence-electron chi connectivity index (χ0n) is 13.8. The third kappa shape index (κ3) is 3.26. The van der Waals surface area contributed by atoms with Gasteiger partial charge in [0.2, 0.25) is 11.8 Å². The second kappa shape index (κ2) is 5.54. The van der Waals surface area contributed by atoms with Gasteiger partial charge in [-0.05, 0) is 37.3 Å². The molecule has 1 heterocycles. The molecular formula is C19H20N2O2. The summed E-state index contributed by atoms with van der Waals surface area (Å²) < 4.78 is 5.80. The lowest BCUT2D eigenvalue weighted by Crippen LogP contribution is -2.27. The van der Waals surface area contributed by atoms with Crippen LogP contribution in [0.1, 0.15) is 26.3 Å². The first-order valence-corrected chi connectivity index (χ1v) is 7.62. The molecule has 0 bridgehead atoms. The minimum atomic E-state index is -0.439. The standard InChI is InChI=1S/C19H20N2O2/c1-12-5-7-13(8-6-12)17-21-15-11-14(9-10-16(15)23-17)20-18(22)19(2,3)4/h5-11H,1-4H3,(H,20,22). The predicted octanol–water partition coefficient (Wildman–Crippen LogP) is 4.79. The van der Waals surface area contributed by atoms with Crippen LogP contribution in [0.3, 0.4) is 0 Å². The highest BCUT2D eigenvalue weighted by atomic mass is 16.3. The van der Waals surface area contributed by atoms with Crippen LogP contribution in [0.2, 0.25) is 0 Å². The minimum absolute atomic E-state index is 0.0286. The number of nitrogens with one attached hydrogen (secondary N) is 1. The van der Waals surface area contributed by atoms with Crippen molar-refractivity contribution in [2.75, 3.05) is 5.32 Å². The lowest BCUT2D eigenvalue weighted by atomic mass is 9.95. The average Bonchev–Trinajstić information content (AvgIpc) is 2.90. The first-order chi connectivity index (χ1) is 10.8. The number of carbonyl (C=O) groups is 1. The van der Waals surface area contributed by atoms with E-state index in [1.54, 1.807) is 0 Å². The van der Waals surface area contributed by atoms with E-state index in [-0.39, 0.29) is 5.91 Å². The van der Waals surface area contributed by atoms with Crippen LogP contribution in [0.15, 0.2) is 46.9 Å². The molecular weight excluding hydrogens is 288 g/mol. The van der Waals surface area contributed by atoms with Crippen LogP contribution < -0.4 is 5.32 Å². The Balaban J connectivity index is 1.92. The highest BCUT2D eigenvalue weighted by Crippen LogP contribution is 2.27. The van der Waals surface area contributed by atoms with Crippen LogP contribution in [-0.2, 0) is 4.79 Å². The van der Waals surface area contributed by atoms with Crippen LogP contribution in [0.4, 0.5) is 5.69 Å². The summed E-state index contributed by atoms with van der Waals surface area (Å²) in [6.45, 7) is 7.69. The van der Waals surface area contributed by atoms with Gasteiger partial charge in [0.15, 0.2) is 5.58 Å². The quantitative estimate of drug-likeness (QED) is 0.740. The van der Waals surface area contributed by atoms with Crippen LogP contribution in [0, 0.1) is 12.3 Å². The second-order valence-electron chi connectivity index (χ2n) is 6.77. The van der Waals surface area contributed by atoms with Crippen molar-refractivity contribution >= 4 is 22.7 Å². The second-order valence-corrected chi connectivity index (χ2v) is 6.77. The van der Waals surface area contributed by atoms with E-state index < -0.39 is 5.41 Å². The Labute approximate surface area is 135 Å². The number of hydrogen-bond acceptors (Lipinski definition) is 3. The Bertz CT molecular complexity index is 855. The van der Waals surface area contributed by atoms with Gasteiger partial charge in [-0.15, -0.1) is 0 Å². The molecule has 0 atom stereocenters. The van der Waals surface area contributed by atoms with Crippen LogP contribution in [-0.4, -0.2) is 10.9 Å². The van der Waals surface area contributed by atoms with Crippen molar-refractivity contribution < 1.29 is 9.21 Å². The molecule has 0 unspecified atom stereocenters. The van der Waals surface area contributed by atoms with Gasteiger partial charge in [-0.25, -0.2) is 4.98 Å². The molecule has 0 fully saturated rings. The molecule has 0 aliphatic rings. The smallest absolute Gasteiger partial charge is 0.229 e. The SMILES string of the molecule is Cc1ccc(-c2nc3cc(NC(=O)C(C)(C)C)ccc3o2)cc1. The molecule has 4 heteroatoms. The zero-order chi connectivity index (χ0) is 16.6. The Morgan fingerprint density at radius 2 is 1.78 bits per heavy atom. The monoisotopic (exact) mass is 308 g/mol. The number of amides is 1. The number of hydrogen-bond donors (Lipinski definition) is 1. The molecule has 0 saturated heterocycles. The summed E-state index contributed by atoms with van der Waals surface area (Å²) in [5.41, 5.74) is 3.85. The van der Waals surface area contributed by atoms with E-state index in [2.05, 4.69) is 10.3 Å². The number of fused-ring (bicyclic) bond motifs is 1. The maximum atomic E-state index is 12.1. The van der Waals surface area contributed by atoms with Crippen LogP contribution >= 0.6 is 0 Å². The topological polar surface area (TPSA) is 55.1 Å². The fourth-order valence-electron chi connectivity index (χ4n) is 2.14. The molecule has 3 aromatic rings. The third-order valence-electron chi connectivity index (χ3n) is 3.63. The summed E-state index contributed by atoms with van der Waals surface area (Å²) in [5, 5.41) is 2.91. The highest BCUT2D eigenvalue weighted by molar-refractivity contribution is 5.96. The largest absolute Gasteiger partial charge is 0.436 e. The molecule has 118 valence electrons. The van der Waals surface area contributed by atoms with Gasteiger partial charge in [0.25, 0.3) is 0 Å². The fraction of sp³-hybridized carbons (Fsp3) is 0.263. The lowest BCUT2D eigenvalue weighted by Gasteiger charge is -2.17. The highest BCUT2D eigenvalue weighted by Gasteiger charge is 2.21. The summed E-state index contributed by atoms with van der Waals surface area (Å²) in [7, 11) is 0. The Morgan fingerprint density at radius 3 is 2.43 bits per heavy atom. The number of rotatable bonds is 2. The summed E-state index contributed by atoms with van der Waals surface area (Å²) in [6, 6.07) is 13.5. The third-order valence-corrected chi connectivity index (χ3v) is 3.63. The van der Waals surface area contributed by atoms with E-state index in [0.29, 0.717) is 11.5 Å². The number of benzene rings is 2. The number of anilines is 1. The van der Waals surface area contributed by atoms with Crippen molar-refractivity contribution in [3.63, 3.8) is 0 Å². The van der Waals surface area contributed by atoms with E-state index in [1.165, 1.54) is 5.56 Å². The number of nitrogens with zero attached hydrogens (tertiary/aromatic N) is 1. The minimum Gasteiger partial charge on any atom is -0.436 e. The van der Waals surface area contributed by atoms with E-state index in [0.717, 1.165) is 16.8 Å². The fourth-order valence-corrected chi connectivity index (χ4v) is 2.14. The number of oxazole rings is 1. The maximum absolute atomic E-state index is 12.1. The van der Waals surface area contributed by atoms with E-state index >= 15 is 0 Å². The molecule has 4 nitrogen and oxygen atoms in total. The first-order valence-electron chi connectivity index (χ1n) is 7.62. The Morgan fingerprint density at radius 1 is 1.09 bits per heavy atom. The van der Waals surface area contributed by atoms with Crippen molar-refractivity contribution in [3.8, 4) is 11.5 Å². The average molecular weight is 308 g/mol. The van der Waals surface area contributed by atoms with Crippen molar-refractivity contribution in [2.24, 2.45) is 5.41 Å². The van der Waals surface area contributed by atoms with Gasteiger partial charge in [0.1, 0.15) is 5.52 Å². The van der Waals surface area contributed by atoms with Crippen molar-refractivity contribution in [2.45, 2.75) is 27.7 Å². The first kappa shape index (κ1) is 15.3. The van der Waals surface area contributed by atoms with E-state index in [1.807, 2.05) is 70.2 Å². The molecule has 0 spiro atoms. The van der Waals surface area contributed by atoms with Crippen molar-refractivity contribution in [3.05, 3.63) is 48.0 Å².